The molecule has 6 nitrogen and oxygen atoms in total. The lowest BCUT2D eigenvalue weighted by atomic mass is 9.99. The number of aryl methyl sites for hydroxylation is 1. The number of benzene rings is 1. The number of aromatic nitrogens is 3. The highest BCUT2D eigenvalue weighted by Gasteiger charge is 2.36. The third-order valence-electron chi connectivity index (χ3n) is 5.04. The Hall–Kier alpha value is -1.67. The van der Waals surface area contributed by atoms with Gasteiger partial charge in [-0.15, -0.1) is 5.10 Å². The van der Waals surface area contributed by atoms with Gasteiger partial charge < -0.3 is 15.1 Å². The lowest BCUT2D eigenvalue weighted by Crippen LogP contribution is -3.13. The number of likely N-dealkylation sites (tertiary alicyclic amines) is 1. The van der Waals surface area contributed by atoms with Crippen LogP contribution >= 0.6 is 22.9 Å². The van der Waals surface area contributed by atoms with Crippen molar-refractivity contribution in [1.82, 2.24) is 14.6 Å². The fraction of sp³-hybridized carbons (Fsp3) is 0.444. The van der Waals surface area contributed by atoms with Gasteiger partial charge in [-0.2, -0.15) is 4.52 Å². The highest BCUT2D eigenvalue weighted by Crippen LogP contribution is 2.37. The van der Waals surface area contributed by atoms with E-state index in [9.17, 15) is 10.2 Å². The molecule has 1 atom stereocenters. The van der Waals surface area contributed by atoms with Crippen LogP contribution in [0.3, 0.4) is 0 Å². The second-order valence-electron chi connectivity index (χ2n) is 6.71. The van der Waals surface area contributed by atoms with Gasteiger partial charge in [0.25, 0.3) is 0 Å². The van der Waals surface area contributed by atoms with Crippen molar-refractivity contribution in [2.75, 3.05) is 13.1 Å². The van der Waals surface area contributed by atoms with Crippen molar-refractivity contribution in [2.45, 2.75) is 38.3 Å². The summed E-state index contributed by atoms with van der Waals surface area (Å²) < 4.78 is 1.53. The first kappa shape index (κ1) is 17.7. The van der Waals surface area contributed by atoms with Gasteiger partial charge in [0.05, 0.1) is 24.2 Å². The molecule has 0 radical (unpaired) electrons. The Morgan fingerprint density at radius 2 is 2.08 bits per heavy atom. The maximum absolute atomic E-state index is 10.9. The van der Waals surface area contributed by atoms with Crippen LogP contribution in [0.15, 0.2) is 24.3 Å². The SMILES string of the molecule is CCc1nc2sc([C@@H](c3ccccc3Cl)[NH+]3CCC(O)CC3)c(O)n2n1. The summed E-state index contributed by atoms with van der Waals surface area (Å²) in [5.74, 6) is 0.863. The van der Waals surface area contributed by atoms with E-state index in [1.165, 1.54) is 20.8 Å². The smallest absolute Gasteiger partial charge is 0.235 e. The number of nitrogens with one attached hydrogen (secondary N) is 1. The van der Waals surface area contributed by atoms with E-state index in [0.29, 0.717) is 9.98 Å². The summed E-state index contributed by atoms with van der Waals surface area (Å²) in [6, 6.07) is 7.67. The van der Waals surface area contributed by atoms with Crippen molar-refractivity contribution in [3.8, 4) is 5.88 Å². The maximum Gasteiger partial charge on any atom is 0.235 e. The van der Waals surface area contributed by atoms with Crippen LogP contribution in [0.2, 0.25) is 5.02 Å². The van der Waals surface area contributed by atoms with Crippen LogP contribution in [-0.4, -0.2) is 44.0 Å². The Balaban J connectivity index is 1.81. The number of fused-ring (bicyclic) bond motifs is 1. The maximum atomic E-state index is 10.9. The fourth-order valence-corrected chi connectivity index (χ4v) is 5.04. The predicted octanol–water partition coefficient (Wildman–Crippen LogP) is 1.84. The van der Waals surface area contributed by atoms with E-state index in [0.717, 1.165) is 48.6 Å². The second kappa shape index (κ2) is 7.15. The van der Waals surface area contributed by atoms with Gasteiger partial charge in [-0.05, 0) is 6.07 Å². The van der Waals surface area contributed by atoms with Crippen molar-refractivity contribution >= 4 is 27.9 Å². The first-order valence-corrected chi connectivity index (χ1v) is 10.1. The molecule has 0 aliphatic carbocycles. The van der Waals surface area contributed by atoms with E-state index in [1.54, 1.807) is 0 Å². The molecule has 2 aromatic heterocycles. The number of halogens is 1. The Morgan fingerprint density at radius 1 is 1.35 bits per heavy atom. The molecule has 3 aromatic rings. The highest BCUT2D eigenvalue weighted by molar-refractivity contribution is 7.17. The zero-order valence-corrected chi connectivity index (χ0v) is 16.1. The van der Waals surface area contributed by atoms with Crippen molar-refractivity contribution in [1.29, 1.82) is 0 Å². The topological polar surface area (TPSA) is 75.1 Å². The number of aliphatic hydroxyl groups excluding tert-OH is 1. The fourth-order valence-electron chi connectivity index (χ4n) is 3.65. The van der Waals surface area contributed by atoms with Crippen molar-refractivity contribution in [3.63, 3.8) is 0 Å². The Morgan fingerprint density at radius 3 is 2.73 bits per heavy atom. The molecule has 0 bridgehead atoms. The first-order valence-electron chi connectivity index (χ1n) is 8.92. The lowest BCUT2D eigenvalue weighted by molar-refractivity contribution is -0.931. The van der Waals surface area contributed by atoms with Crippen LogP contribution in [0.25, 0.3) is 4.96 Å². The van der Waals surface area contributed by atoms with E-state index in [2.05, 4.69) is 10.1 Å². The Labute approximate surface area is 160 Å². The van der Waals surface area contributed by atoms with E-state index < -0.39 is 0 Å². The van der Waals surface area contributed by atoms with Crippen LogP contribution in [0.4, 0.5) is 0 Å². The number of hydrogen-bond donors (Lipinski definition) is 3. The monoisotopic (exact) mass is 393 g/mol. The minimum Gasteiger partial charge on any atom is -0.492 e. The van der Waals surface area contributed by atoms with Crippen molar-refractivity contribution in [2.24, 2.45) is 0 Å². The minimum absolute atomic E-state index is 0.102. The Bertz CT molecular complexity index is 917. The van der Waals surface area contributed by atoms with Gasteiger partial charge >= 0.3 is 0 Å². The predicted molar refractivity (Wildman–Crippen MR) is 101 cm³/mol. The van der Waals surface area contributed by atoms with Crippen LogP contribution in [0.1, 0.15) is 42.1 Å². The number of thiazole rings is 1. The van der Waals surface area contributed by atoms with Crippen LogP contribution in [0, 0.1) is 0 Å². The normalized spacial score (nSPS) is 22.0. The van der Waals surface area contributed by atoms with Gasteiger partial charge in [-0.3, -0.25) is 0 Å². The molecule has 8 heteroatoms. The van der Waals surface area contributed by atoms with E-state index in [-0.39, 0.29) is 18.0 Å². The van der Waals surface area contributed by atoms with Gasteiger partial charge in [0.15, 0.2) is 11.9 Å². The number of nitrogens with zero attached hydrogens (tertiary/aromatic N) is 3. The summed E-state index contributed by atoms with van der Waals surface area (Å²) in [5.41, 5.74) is 0.982. The van der Waals surface area contributed by atoms with Gasteiger partial charge in [-0.1, -0.05) is 48.1 Å². The number of aromatic hydroxyl groups is 1. The molecule has 1 aliphatic heterocycles. The number of rotatable bonds is 4. The van der Waals surface area contributed by atoms with Crippen LogP contribution < -0.4 is 4.90 Å². The number of piperidine rings is 1. The molecular weight excluding hydrogens is 372 g/mol. The number of quaternary nitrogens is 1. The summed E-state index contributed by atoms with van der Waals surface area (Å²) in [6.07, 6.45) is 1.98. The Kier molecular flexibility index (Phi) is 4.88. The molecule has 138 valence electrons. The molecule has 3 N–H and O–H groups in total. The largest absolute Gasteiger partial charge is 0.492 e. The zero-order chi connectivity index (χ0) is 18.3. The molecule has 3 heterocycles. The molecule has 4 rings (SSSR count). The molecule has 1 aliphatic rings. The number of hydrogen-bond acceptors (Lipinski definition) is 5. The summed E-state index contributed by atoms with van der Waals surface area (Å²) in [7, 11) is 0. The molecule has 0 unspecified atom stereocenters. The second-order valence-corrected chi connectivity index (χ2v) is 8.13. The van der Waals surface area contributed by atoms with Gasteiger partial charge in [0.2, 0.25) is 10.8 Å². The van der Waals surface area contributed by atoms with Gasteiger partial charge in [0.1, 0.15) is 4.88 Å². The lowest BCUT2D eigenvalue weighted by Gasteiger charge is -2.33. The van der Waals surface area contributed by atoms with Crippen LogP contribution in [0.5, 0.6) is 5.88 Å². The summed E-state index contributed by atoms with van der Waals surface area (Å²) in [5, 5.41) is 25.8. The molecule has 0 saturated carbocycles. The van der Waals surface area contributed by atoms with E-state index >= 15 is 0 Å². The molecule has 1 saturated heterocycles. The standard InChI is InChI=1S/C18H21ClN4O2S/c1-2-14-20-18-23(21-14)17(25)16(26-18)15(12-5-3-4-6-13(12)19)22-9-7-11(24)8-10-22/h3-6,11,15,24-25H,2,7-10H2,1H3/p+1/t15-/m1/s1. The molecule has 26 heavy (non-hydrogen) atoms. The first-order chi connectivity index (χ1) is 12.6. The average molecular weight is 394 g/mol. The molecule has 1 aromatic carbocycles. The van der Waals surface area contributed by atoms with Crippen molar-refractivity contribution in [3.05, 3.63) is 45.6 Å². The minimum atomic E-state index is -0.242. The summed E-state index contributed by atoms with van der Waals surface area (Å²) >= 11 is 7.98. The van der Waals surface area contributed by atoms with Gasteiger partial charge in [0, 0.05) is 24.8 Å². The third-order valence-corrected chi connectivity index (χ3v) is 6.47. The van der Waals surface area contributed by atoms with E-state index in [4.69, 9.17) is 11.6 Å². The molecular formula is C18H22ClN4O2S+. The quantitative estimate of drug-likeness (QED) is 0.632. The highest BCUT2D eigenvalue weighted by atomic mass is 35.5. The molecule has 0 amide bonds. The van der Waals surface area contributed by atoms with Crippen molar-refractivity contribution < 1.29 is 15.1 Å². The van der Waals surface area contributed by atoms with Crippen LogP contribution in [-0.2, 0) is 6.42 Å². The average Bonchev–Trinajstić information content (AvgIpc) is 3.18. The van der Waals surface area contributed by atoms with E-state index in [1.807, 2.05) is 31.2 Å². The number of aliphatic hydroxyl groups is 1. The summed E-state index contributed by atoms with van der Waals surface area (Å²) in [4.78, 5) is 7.31. The van der Waals surface area contributed by atoms with Gasteiger partial charge in [-0.25, -0.2) is 4.98 Å². The zero-order valence-electron chi connectivity index (χ0n) is 14.5. The summed E-state index contributed by atoms with van der Waals surface area (Å²) in [6.45, 7) is 3.64. The molecule has 1 fully saturated rings. The third kappa shape index (κ3) is 3.09. The molecule has 0 spiro atoms.